The van der Waals surface area contributed by atoms with Gasteiger partial charge in [-0.3, -0.25) is 4.68 Å². The molecule has 0 radical (unpaired) electrons. The Labute approximate surface area is 83.0 Å². The van der Waals surface area contributed by atoms with E-state index in [9.17, 15) is 5.11 Å². The van der Waals surface area contributed by atoms with Crippen molar-refractivity contribution in [2.45, 2.75) is 26.0 Å². The molecule has 1 N–H and O–H groups in total. The summed E-state index contributed by atoms with van der Waals surface area (Å²) in [6, 6.07) is 7.96. The average Bonchev–Trinajstić information content (AvgIpc) is 2.59. The first kappa shape index (κ1) is 9.21. The molecule has 0 aliphatic heterocycles. The summed E-state index contributed by atoms with van der Waals surface area (Å²) >= 11 is 0. The molecule has 0 bridgehead atoms. The zero-order chi connectivity index (χ0) is 9.97. The Bertz CT molecular complexity index is 389. The van der Waals surface area contributed by atoms with E-state index in [0.29, 0.717) is 6.54 Å². The molecule has 14 heavy (non-hydrogen) atoms. The van der Waals surface area contributed by atoms with Gasteiger partial charge in [-0.25, -0.2) is 0 Å². The van der Waals surface area contributed by atoms with Crippen molar-refractivity contribution in [2.75, 3.05) is 0 Å². The van der Waals surface area contributed by atoms with Gasteiger partial charge in [0, 0.05) is 11.6 Å². The molecule has 1 atom stereocenters. The van der Waals surface area contributed by atoms with Gasteiger partial charge >= 0.3 is 0 Å². The molecular formula is C11H14N2O. The van der Waals surface area contributed by atoms with Gasteiger partial charge in [0.1, 0.15) is 0 Å². The van der Waals surface area contributed by atoms with Gasteiger partial charge in [0.25, 0.3) is 0 Å². The maximum atomic E-state index is 9.48. The zero-order valence-electron chi connectivity index (χ0n) is 8.22. The third-order valence-electron chi connectivity index (χ3n) is 2.33. The fraction of sp³-hybridized carbons (Fsp3) is 0.364. The minimum Gasteiger partial charge on any atom is -0.391 e. The van der Waals surface area contributed by atoms with Gasteiger partial charge in [-0.1, -0.05) is 25.1 Å². The number of aliphatic hydroxyl groups excluding tert-OH is 1. The number of aliphatic hydroxyl groups is 1. The van der Waals surface area contributed by atoms with Crippen LogP contribution in [0.4, 0.5) is 0 Å². The molecule has 74 valence electrons. The highest BCUT2D eigenvalue weighted by molar-refractivity contribution is 5.77. The molecule has 1 aromatic heterocycles. The summed E-state index contributed by atoms with van der Waals surface area (Å²) in [5, 5.41) is 15.0. The van der Waals surface area contributed by atoms with E-state index in [4.69, 9.17) is 0 Å². The first-order valence-corrected chi connectivity index (χ1v) is 4.90. The monoisotopic (exact) mass is 190 g/mol. The van der Waals surface area contributed by atoms with Crippen LogP contribution in [0.1, 0.15) is 13.3 Å². The molecule has 2 aromatic rings. The Morgan fingerprint density at radius 1 is 1.43 bits per heavy atom. The number of hydrogen-bond acceptors (Lipinski definition) is 2. The fourth-order valence-corrected chi connectivity index (χ4v) is 1.45. The van der Waals surface area contributed by atoms with Crippen LogP contribution in [0.15, 0.2) is 30.5 Å². The number of fused-ring (bicyclic) bond motifs is 1. The van der Waals surface area contributed by atoms with Crippen LogP contribution in [0.3, 0.4) is 0 Å². The predicted octanol–water partition coefficient (Wildman–Crippen LogP) is 1.81. The van der Waals surface area contributed by atoms with Gasteiger partial charge in [0.05, 0.1) is 18.2 Å². The SMILES string of the molecule is CCC(O)Cn1cc2ccccc2n1. The molecule has 0 aliphatic rings. The van der Waals surface area contributed by atoms with E-state index in [2.05, 4.69) is 5.10 Å². The molecule has 3 heteroatoms. The molecule has 0 saturated heterocycles. The minimum absolute atomic E-state index is 0.302. The Morgan fingerprint density at radius 3 is 2.93 bits per heavy atom. The van der Waals surface area contributed by atoms with Crippen LogP contribution in [0.2, 0.25) is 0 Å². The lowest BCUT2D eigenvalue weighted by molar-refractivity contribution is 0.145. The fourth-order valence-electron chi connectivity index (χ4n) is 1.45. The van der Waals surface area contributed by atoms with E-state index < -0.39 is 0 Å². The van der Waals surface area contributed by atoms with Crippen LogP contribution in [0.25, 0.3) is 10.9 Å². The van der Waals surface area contributed by atoms with E-state index in [1.54, 1.807) is 4.68 Å². The molecule has 1 heterocycles. The summed E-state index contributed by atoms with van der Waals surface area (Å²) < 4.78 is 1.80. The normalized spacial score (nSPS) is 13.3. The topological polar surface area (TPSA) is 38.0 Å². The number of rotatable bonds is 3. The average molecular weight is 190 g/mol. The summed E-state index contributed by atoms with van der Waals surface area (Å²) in [5.74, 6) is 0. The van der Waals surface area contributed by atoms with Gasteiger partial charge in [-0.05, 0) is 12.5 Å². The Morgan fingerprint density at radius 2 is 2.21 bits per heavy atom. The van der Waals surface area contributed by atoms with Crippen molar-refractivity contribution in [1.29, 1.82) is 0 Å². The van der Waals surface area contributed by atoms with E-state index in [0.717, 1.165) is 17.3 Å². The molecule has 1 unspecified atom stereocenters. The lowest BCUT2D eigenvalue weighted by atomic mass is 10.2. The highest BCUT2D eigenvalue weighted by Gasteiger charge is 2.04. The molecule has 0 amide bonds. The molecule has 0 spiro atoms. The first-order chi connectivity index (χ1) is 6.79. The molecule has 2 rings (SSSR count). The van der Waals surface area contributed by atoms with Crippen LogP contribution in [0.5, 0.6) is 0 Å². The lowest BCUT2D eigenvalue weighted by Gasteiger charge is -2.06. The van der Waals surface area contributed by atoms with Crippen LogP contribution in [-0.4, -0.2) is 21.0 Å². The quantitative estimate of drug-likeness (QED) is 0.801. The van der Waals surface area contributed by atoms with Crippen LogP contribution in [0, 0.1) is 0 Å². The molecule has 0 aliphatic carbocycles. The van der Waals surface area contributed by atoms with Crippen molar-refractivity contribution in [2.24, 2.45) is 0 Å². The van der Waals surface area contributed by atoms with E-state index in [1.165, 1.54) is 0 Å². The van der Waals surface area contributed by atoms with Crippen molar-refractivity contribution >= 4 is 10.9 Å². The number of hydrogen-bond donors (Lipinski definition) is 1. The number of nitrogens with zero attached hydrogens (tertiary/aromatic N) is 2. The van der Waals surface area contributed by atoms with Crippen molar-refractivity contribution in [3.8, 4) is 0 Å². The molecule has 3 nitrogen and oxygen atoms in total. The van der Waals surface area contributed by atoms with Gasteiger partial charge < -0.3 is 5.11 Å². The number of benzene rings is 1. The van der Waals surface area contributed by atoms with Crippen molar-refractivity contribution in [1.82, 2.24) is 9.78 Å². The Hall–Kier alpha value is -1.35. The first-order valence-electron chi connectivity index (χ1n) is 4.90. The Balaban J connectivity index is 2.27. The largest absolute Gasteiger partial charge is 0.391 e. The summed E-state index contributed by atoms with van der Waals surface area (Å²) in [6.07, 6.45) is 2.43. The Kier molecular flexibility index (Phi) is 2.50. The summed E-state index contributed by atoms with van der Waals surface area (Å²) in [7, 11) is 0. The smallest absolute Gasteiger partial charge is 0.0923 e. The van der Waals surface area contributed by atoms with Gasteiger partial charge in [0.2, 0.25) is 0 Å². The van der Waals surface area contributed by atoms with Crippen molar-refractivity contribution in [3.05, 3.63) is 30.5 Å². The highest BCUT2D eigenvalue weighted by atomic mass is 16.3. The summed E-state index contributed by atoms with van der Waals surface area (Å²) in [5.41, 5.74) is 0.982. The van der Waals surface area contributed by atoms with Gasteiger partial charge in [-0.2, -0.15) is 5.10 Å². The van der Waals surface area contributed by atoms with E-state index >= 15 is 0 Å². The molecule has 0 fully saturated rings. The van der Waals surface area contributed by atoms with Crippen LogP contribution < -0.4 is 0 Å². The second-order valence-electron chi connectivity index (χ2n) is 3.47. The van der Waals surface area contributed by atoms with Gasteiger partial charge in [0.15, 0.2) is 0 Å². The standard InChI is InChI=1S/C11H14N2O/c1-2-10(14)8-13-7-9-5-3-4-6-11(9)12-13/h3-7,10,14H,2,8H2,1H3. The highest BCUT2D eigenvalue weighted by Crippen LogP contribution is 2.11. The van der Waals surface area contributed by atoms with E-state index in [-0.39, 0.29) is 6.10 Å². The lowest BCUT2D eigenvalue weighted by Crippen LogP contribution is -2.14. The van der Waals surface area contributed by atoms with Gasteiger partial charge in [-0.15, -0.1) is 0 Å². The third kappa shape index (κ3) is 1.77. The zero-order valence-corrected chi connectivity index (χ0v) is 8.22. The molecular weight excluding hydrogens is 176 g/mol. The van der Waals surface area contributed by atoms with E-state index in [1.807, 2.05) is 37.4 Å². The maximum absolute atomic E-state index is 9.48. The second-order valence-corrected chi connectivity index (χ2v) is 3.47. The maximum Gasteiger partial charge on any atom is 0.0923 e. The minimum atomic E-state index is -0.302. The summed E-state index contributed by atoms with van der Waals surface area (Å²) in [4.78, 5) is 0. The van der Waals surface area contributed by atoms with Crippen molar-refractivity contribution < 1.29 is 5.11 Å². The van der Waals surface area contributed by atoms with Crippen molar-refractivity contribution in [3.63, 3.8) is 0 Å². The predicted molar refractivity (Wildman–Crippen MR) is 56.0 cm³/mol. The second kappa shape index (κ2) is 3.80. The molecule has 0 saturated carbocycles. The number of aromatic nitrogens is 2. The molecule has 1 aromatic carbocycles. The van der Waals surface area contributed by atoms with Crippen LogP contribution >= 0.6 is 0 Å². The third-order valence-corrected chi connectivity index (χ3v) is 2.33. The summed E-state index contributed by atoms with van der Waals surface area (Å²) in [6.45, 7) is 2.54. The van der Waals surface area contributed by atoms with Crippen LogP contribution in [-0.2, 0) is 6.54 Å².